The van der Waals surface area contributed by atoms with Crippen LogP contribution in [0.4, 0.5) is 4.39 Å². The molecule has 2 aromatic rings. The first-order valence-electron chi connectivity index (χ1n) is 9.65. The summed E-state index contributed by atoms with van der Waals surface area (Å²) < 4.78 is 13.3. The minimum atomic E-state index is -0.795. The Bertz CT molecular complexity index is 909. The van der Waals surface area contributed by atoms with E-state index >= 15 is 0 Å². The van der Waals surface area contributed by atoms with Gasteiger partial charge in [0, 0.05) is 24.8 Å². The maximum Gasteiger partial charge on any atom is 0.295 e. The van der Waals surface area contributed by atoms with Gasteiger partial charge < -0.3 is 14.9 Å². The number of halogens is 1. The summed E-state index contributed by atoms with van der Waals surface area (Å²) in [5, 5.41) is 10.8. The van der Waals surface area contributed by atoms with Crippen molar-refractivity contribution in [3.63, 3.8) is 0 Å². The van der Waals surface area contributed by atoms with E-state index < -0.39 is 23.5 Å². The molecule has 29 heavy (non-hydrogen) atoms. The number of nitrogens with zero attached hydrogens (tertiary/aromatic N) is 3. The lowest BCUT2D eigenvalue weighted by molar-refractivity contribution is -0.140. The van der Waals surface area contributed by atoms with E-state index in [-0.39, 0.29) is 16.9 Å². The summed E-state index contributed by atoms with van der Waals surface area (Å²) in [4.78, 5) is 33.6. The topological polar surface area (TPSA) is 73.7 Å². The van der Waals surface area contributed by atoms with Crippen molar-refractivity contribution < 1.29 is 19.1 Å². The third-order valence-corrected chi connectivity index (χ3v) is 5.18. The Morgan fingerprint density at radius 2 is 1.83 bits per heavy atom. The number of likely N-dealkylation sites (tertiary alicyclic amines) is 1. The number of rotatable bonds is 7. The minimum Gasteiger partial charge on any atom is -0.507 e. The van der Waals surface area contributed by atoms with Gasteiger partial charge in [-0.25, -0.2) is 4.39 Å². The van der Waals surface area contributed by atoms with Crippen LogP contribution in [0, 0.1) is 5.82 Å². The number of Topliss-reactive ketones (excluding diaryl/α,β-unsaturated/α-hetero) is 1. The van der Waals surface area contributed by atoms with Crippen LogP contribution in [0.5, 0.6) is 0 Å². The van der Waals surface area contributed by atoms with Crippen LogP contribution < -0.4 is 0 Å². The largest absolute Gasteiger partial charge is 0.507 e. The SMILES string of the molecule is CCN(CC)CCN1C(=O)C(=O)C(=C(O)c2ccc(F)cc2)[C@@H]1c1ccccn1. The van der Waals surface area contributed by atoms with Crippen LogP contribution in [-0.2, 0) is 9.59 Å². The number of likely N-dealkylation sites (N-methyl/N-ethyl adjacent to an activating group) is 1. The van der Waals surface area contributed by atoms with E-state index in [1.165, 1.54) is 29.2 Å². The number of aliphatic hydroxyl groups excluding tert-OH is 1. The van der Waals surface area contributed by atoms with Gasteiger partial charge in [0.15, 0.2) is 0 Å². The second-order valence-corrected chi connectivity index (χ2v) is 6.78. The average Bonchev–Trinajstić information content (AvgIpc) is 3.00. The van der Waals surface area contributed by atoms with E-state index in [0.717, 1.165) is 13.1 Å². The Kier molecular flexibility index (Phi) is 6.39. The van der Waals surface area contributed by atoms with Crippen molar-refractivity contribution in [2.45, 2.75) is 19.9 Å². The number of pyridine rings is 1. The maximum absolute atomic E-state index is 13.3. The van der Waals surface area contributed by atoms with Crippen LogP contribution in [0.15, 0.2) is 54.2 Å². The molecular formula is C22H24FN3O3. The van der Waals surface area contributed by atoms with Gasteiger partial charge in [0.1, 0.15) is 17.6 Å². The van der Waals surface area contributed by atoms with Gasteiger partial charge in [-0.1, -0.05) is 19.9 Å². The summed E-state index contributed by atoms with van der Waals surface area (Å²) in [5.41, 5.74) is 0.740. The van der Waals surface area contributed by atoms with Gasteiger partial charge in [-0.3, -0.25) is 14.6 Å². The number of carbonyl (C=O) groups is 2. The van der Waals surface area contributed by atoms with Crippen LogP contribution in [0.2, 0.25) is 0 Å². The van der Waals surface area contributed by atoms with E-state index in [0.29, 0.717) is 18.8 Å². The molecule has 1 fully saturated rings. The third-order valence-electron chi connectivity index (χ3n) is 5.18. The quantitative estimate of drug-likeness (QED) is 0.442. The molecule has 1 aromatic carbocycles. The molecule has 0 bridgehead atoms. The number of benzene rings is 1. The molecule has 1 N–H and O–H groups in total. The molecule has 0 saturated carbocycles. The van der Waals surface area contributed by atoms with Crippen molar-refractivity contribution in [1.82, 2.24) is 14.8 Å². The smallest absolute Gasteiger partial charge is 0.295 e. The zero-order valence-corrected chi connectivity index (χ0v) is 16.5. The van der Waals surface area contributed by atoms with E-state index in [4.69, 9.17) is 0 Å². The van der Waals surface area contributed by atoms with E-state index in [9.17, 15) is 19.1 Å². The number of hydrogen-bond acceptors (Lipinski definition) is 5. The summed E-state index contributed by atoms with van der Waals surface area (Å²) in [6.45, 7) is 6.63. The lowest BCUT2D eigenvalue weighted by atomic mass is 9.98. The Morgan fingerprint density at radius 1 is 1.14 bits per heavy atom. The van der Waals surface area contributed by atoms with Crippen molar-refractivity contribution in [1.29, 1.82) is 0 Å². The highest BCUT2D eigenvalue weighted by Crippen LogP contribution is 2.38. The highest BCUT2D eigenvalue weighted by atomic mass is 19.1. The predicted molar refractivity (Wildman–Crippen MR) is 107 cm³/mol. The molecule has 1 aliphatic heterocycles. The molecular weight excluding hydrogens is 373 g/mol. The standard InChI is InChI=1S/C22H24FN3O3/c1-3-25(4-2)13-14-26-19(17-7-5-6-12-24-17)18(21(28)22(26)29)20(27)15-8-10-16(23)11-9-15/h5-12,19,27H,3-4,13-14H2,1-2H3/t19-/m0/s1. The van der Waals surface area contributed by atoms with E-state index in [1.54, 1.807) is 24.4 Å². The highest BCUT2D eigenvalue weighted by Gasteiger charge is 2.46. The molecule has 7 heteroatoms. The number of hydrogen-bond donors (Lipinski definition) is 1. The molecule has 0 radical (unpaired) electrons. The summed E-state index contributed by atoms with van der Waals surface area (Å²) in [6, 6.07) is 9.59. The maximum atomic E-state index is 13.3. The first-order valence-corrected chi connectivity index (χ1v) is 9.65. The number of aliphatic hydroxyl groups is 1. The van der Waals surface area contributed by atoms with Gasteiger partial charge in [-0.2, -0.15) is 0 Å². The molecule has 0 aliphatic carbocycles. The predicted octanol–water partition coefficient (Wildman–Crippen LogP) is 2.98. The summed E-state index contributed by atoms with van der Waals surface area (Å²) in [7, 11) is 0. The summed E-state index contributed by atoms with van der Waals surface area (Å²) >= 11 is 0. The molecule has 1 aliphatic rings. The average molecular weight is 397 g/mol. The molecule has 152 valence electrons. The van der Waals surface area contributed by atoms with Gasteiger partial charge >= 0.3 is 0 Å². The number of carbonyl (C=O) groups excluding carboxylic acids is 2. The second kappa shape index (κ2) is 8.96. The van der Waals surface area contributed by atoms with Crippen molar-refractivity contribution in [3.05, 3.63) is 71.3 Å². The Morgan fingerprint density at radius 3 is 2.41 bits per heavy atom. The van der Waals surface area contributed by atoms with Crippen molar-refractivity contribution >= 4 is 17.4 Å². The van der Waals surface area contributed by atoms with Crippen LogP contribution in [0.1, 0.15) is 31.1 Å². The summed E-state index contributed by atoms with van der Waals surface area (Å²) in [6.07, 6.45) is 1.58. The van der Waals surface area contributed by atoms with Crippen LogP contribution in [0.25, 0.3) is 5.76 Å². The van der Waals surface area contributed by atoms with E-state index in [2.05, 4.69) is 9.88 Å². The monoisotopic (exact) mass is 397 g/mol. The third kappa shape index (κ3) is 4.19. The van der Waals surface area contributed by atoms with Crippen molar-refractivity contribution in [2.75, 3.05) is 26.2 Å². The molecule has 3 rings (SSSR count). The number of ketones is 1. The van der Waals surface area contributed by atoms with Crippen LogP contribution in [0.3, 0.4) is 0 Å². The number of aromatic nitrogens is 1. The zero-order chi connectivity index (χ0) is 21.0. The second-order valence-electron chi connectivity index (χ2n) is 6.78. The number of amides is 1. The lowest BCUT2D eigenvalue weighted by Gasteiger charge is -2.27. The lowest BCUT2D eigenvalue weighted by Crippen LogP contribution is -2.38. The first-order chi connectivity index (χ1) is 14.0. The Labute approximate surface area is 169 Å². The summed E-state index contributed by atoms with van der Waals surface area (Å²) in [5.74, 6) is -2.22. The first kappa shape index (κ1) is 20.7. The molecule has 1 amide bonds. The highest BCUT2D eigenvalue weighted by molar-refractivity contribution is 6.46. The van der Waals surface area contributed by atoms with E-state index in [1.807, 2.05) is 13.8 Å². The van der Waals surface area contributed by atoms with Crippen molar-refractivity contribution in [3.8, 4) is 0 Å². The fourth-order valence-electron chi connectivity index (χ4n) is 3.51. The Balaban J connectivity index is 2.06. The molecule has 6 nitrogen and oxygen atoms in total. The molecule has 2 heterocycles. The van der Waals surface area contributed by atoms with Crippen molar-refractivity contribution in [2.24, 2.45) is 0 Å². The fraction of sp³-hybridized carbons (Fsp3) is 0.318. The van der Waals surface area contributed by atoms with Gasteiger partial charge in [-0.05, 0) is 49.5 Å². The molecule has 0 spiro atoms. The zero-order valence-electron chi connectivity index (χ0n) is 16.5. The van der Waals surface area contributed by atoms with Gasteiger partial charge in [0.25, 0.3) is 11.7 Å². The minimum absolute atomic E-state index is 0.0279. The molecule has 1 saturated heterocycles. The molecule has 1 aromatic heterocycles. The Hall–Kier alpha value is -3.06. The van der Waals surface area contributed by atoms with Gasteiger partial charge in [0.2, 0.25) is 0 Å². The normalized spacial score (nSPS) is 18.6. The van der Waals surface area contributed by atoms with Gasteiger partial charge in [0.05, 0.1) is 11.3 Å². The van der Waals surface area contributed by atoms with Gasteiger partial charge in [-0.15, -0.1) is 0 Å². The van der Waals surface area contributed by atoms with Crippen LogP contribution >= 0.6 is 0 Å². The molecule has 1 atom stereocenters. The van der Waals surface area contributed by atoms with Crippen LogP contribution in [-0.4, -0.2) is 57.8 Å². The fourth-order valence-corrected chi connectivity index (χ4v) is 3.51. The molecule has 0 unspecified atom stereocenters.